The lowest BCUT2D eigenvalue weighted by atomic mass is 10.1. The number of carbonyl (C=O) groups is 2. The van der Waals surface area contributed by atoms with Crippen LogP contribution in [0.3, 0.4) is 0 Å². The first-order chi connectivity index (χ1) is 14.5. The molecule has 3 rings (SSSR count). The number of nitrogens with zero attached hydrogens (tertiary/aromatic N) is 2. The Kier molecular flexibility index (Phi) is 7.65. The number of nitrogens with one attached hydrogen (secondary N) is 1. The van der Waals surface area contributed by atoms with Crippen molar-refractivity contribution >= 4 is 40.6 Å². The Balaban J connectivity index is 1.55. The zero-order valence-corrected chi connectivity index (χ0v) is 18.9. The number of rotatable bonds is 8. The third-order valence-electron chi connectivity index (χ3n) is 4.61. The Morgan fingerprint density at radius 1 is 1.13 bits per heavy atom. The molecule has 1 unspecified atom stereocenters. The van der Waals surface area contributed by atoms with Crippen LogP contribution in [0, 0.1) is 0 Å². The number of aromatic nitrogens is 1. The number of thioether (sulfide) groups is 1. The fourth-order valence-electron chi connectivity index (χ4n) is 3.00. The van der Waals surface area contributed by atoms with Gasteiger partial charge < -0.3 is 10.2 Å². The summed E-state index contributed by atoms with van der Waals surface area (Å²) in [5.74, 6) is -0.306. The fourth-order valence-corrected chi connectivity index (χ4v) is 5.08. The molecule has 5 nitrogen and oxygen atoms in total. The van der Waals surface area contributed by atoms with Gasteiger partial charge in [-0.1, -0.05) is 67.2 Å². The molecule has 1 N–H and O–H groups in total. The molecule has 0 radical (unpaired) electrons. The van der Waals surface area contributed by atoms with E-state index in [2.05, 4.69) is 10.3 Å². The van der Waals surface area contributed by atoms with E-state index < -0.39 is 0 Å². The van der Waals surface area contributed by atoms with Gasteiger partial charge in [-0.25, -0.2) is 4.98 Å². The Morgan fingerprint density at radius 2 is 1.83 bits per heavy atom. The third kappa shape index (κ3) is 5.70. The van der Waals surface area contributed by atoms with Gasteiger partial charge in [0.15, 0.2) is 4.34 Å². The third-order valence-corrected chi connectivity index (χ3v) is 6.67. The van der Waals surface area contributed by atoms with Crippen LogP contribution < -0.4 is 5.32 Å². The summed E-state index contributed by atoms with van der Waals surface area (Å²) >= 11 is 2.94. The summed E-state index contributed by atoms with van der Waals surface area (Å²) in [7, 11) is 1.65. The number of anilines is 1. The molecule has 0 bridgehead atoms. The molecule has 156 valence electrons. The molecule has 1 aromatic heterocycles. The highest BCUT2D eigenvalue weighted by Gasteiger charge is 2.22. The molecule has 30 heavy (non-hydrogen) atoms. The van der Waals surface area contributed by atoms with Crippen molar-refractivity contribution in [3.05, 3.63) is 65.5 Å². The van der Waals surface area contributed by atoms with Crippen LogP contribution in [-0.2, 0) is 16.0 Å². The van der Waals surface area contributed by atoms with E-state index in [0.29, 0.717) is 0 Å². The molecule has 0 aliphatic heterocycles. The number of hydrogen-bond donors (Lipinski definition) is 1. The van der Waals surface area contributed by atoms with Crippen LogP contribution in [-0.4, -0.2) is 40.5 Å². The highest BCUT2D eigenvalue weighted by atomic mass is 32.2. The highest BCUT2D eigenvalue weighted by molar-refractivity contribution is 8.02. The molecule has 0 aliphatic rings. The summed E-state index contributed by atoms with van der Waals surface area (Å²) in [6, 6.07) is 17.7. The first kappa shape index (κ1) is 22.1. The minimum atomic E-state index is -0.333. The highest BCUT2D eigenvalue weighted by Crippen LogP contribution is 2.31. The van der Waals surface area contributed by atoms with Gasteiger partial charge in [0.05, 0.1) is 17.5 Å². The van der Waals surface area contributed by atoms with Crippen LogP contribution in [0.4, 0.5) is 5.69 Å². The van der Waals surface area contributed by atoms with E-state index in [1.165, 1.54) is 28.0 Å². The molecule has 7 heteroatoms. The second kappa shape index (κ2) is 10.4. The average molecular weight is 440 g/mol. The van der Waals surface area contributed by atoms with Crippen molar-refractivity contribution in [3.63, 3.8) is 0 Å². The number of hydrogen-bond acceptors (Lipinski definition) is 5. The molecule has 0 saturated carbocycles. The molecule has 0 fully saturated rings. The normalized spacial score (nSPS) is 11.7. The number of benzene rings is 2. The monoisotopic (exact) mass is 439 g/mol. The van der Waals surface area contributed by atoms with Gasteiger partial charge in [0.2, 0.25) is 11.8 Å². The second-order valence-corrected chi connectivity index (χ2v) is 9.32. The van der Waals surface area contributed by atoms with Crippen LogP contribution >= 0.6 is 23.1 Å². The van der Waals surface area contributed by atoms with Gasteiger partial charge >= 0.3 is 0 Å². The standard InChI is InChI=1S/C23H25N3O2S2/c1-4-17-10-8-9-13-19(17)24-21(27)14-26(3)22(28)16(2)30-23-25-20(15-29-23)18-11-6-5-7-12-18/h5-13,15-16H,4,14H2,1-3H3,(H,24,27). The number of amides is 2. The predicted molar refractivity (Wildman–Crippen MR) is 125 cm³/mol. The Labute approximate surface area is 185 Å². The van der Waals surface area contributed by atoms with Crippen LogP contribution in [0.25, 0.3) is 11.3 Å². The van der Waals surface area contributed by atoms with E-state index in [9.17, 15) is 9.59 Å². The maximum Gasteiger partial charge on any atom is 0.243 e. The van der Waals surface area contributed by atoms with E-state index in [1.54, 1.807) is 7.05 Å². The zero-order valence-electron chi connectivity index (χ0n) is 17.3. The maximum atomic E-state index is 12.7. The summed E-state index contributed by atoms with van der Waals surface area (Å²) in [6.07, 6.45) is 0.831. The van der Waals surface area contributed by atoms with Gasteiger partial charge in [-0.15, -0.1) is 11.3 Å². The summed E-state index contributed by atoms with van der Waals surface area (Å²) in [6.45, 7) is 3.90. The predicted octanol–water partition coefficient (Wildman–Crippen LogP) is 4.95. The van der Waals surface area contributed by atoms with Gasteiger partial charge in [-0.05, 0) is 25.0 Å². The van der Waals surface area contributed by atoms with Gasteiger partial charge in [0.25, 0.3) is 0 Å². The number of para-hydroxylation sites is 1. The summed E-state index contributed by atoms with van der Waals surface area (Å²) in [4.78, 5) is 31.2. The number of likely N-dealkylation sites (N-methyl/N-ethyl adjacent to an activating group) is 1. The first-order valence-electron chi connectivity index (χ1n) is 9.78. The fraction of sp³-hybridized carbons (Fsp3) is 0.261. The molecule has 1 heterocycles. The Bertz CT molecular complexity index is 1000. The second-order valence-electron chi connectivity index (χ2n) is 6.88. The lowest BCUT2D eigenvalue weighted by molar-refractivity contribution is -0.132. The van der Waals surface area contributed by atoms with Crippen molar-refractivity contribution in [3.8, 4) is 11.3 Å². The summed E-state index contributed by atoms with van der Waals surface area (Å²) in [5, 5.41) is 4.57. The van der Waals surface area contributed by atoms with E-state index in [4.69, 9.17) is 0 Å². The van der Waals surface area contributed by atoms with Crippen molar-refractivity contribution in [2.24, 2.45) is 0 Å². The average Bonchev–Trinajstić information content (AvgIpc) is 3.22. The number of aryl methyl sites for hydroxylation is 1. The lowest BCUT2D eigenvalue weighted by Gasteiger charge is -2.20. The maximum absolute atomic E-state index is 12.7. The number of thiazole rings is 1. The van der Waals surface area contributed by atoms with E-state index >= 15 is 0 Å². The molecule has 0 spiro atoms. The molecule has 0 saturated heterocycles. The Hall–Kier alpha value is -2.64. The molecule has 0 aliphatic carbocycles. The zero-order chi connectivity index (χ0) is 21.5. The topological polar surface area (TPSA) is 62.3 Å². The molecular weight excluding hydrogens is 414 g/mol. The van der Waals surface area contributed by atoms with Crippen molar-refractivity contribution in [1.82, 2.24) is 9.88 Å². The van der Waals surface area contributed by atoms with E-state index in [-0.39, 0.29) is 23.6 Å². The molecule has 1 atom stereocenters. The van der Waals surface area contributed by atoms with Crippen molar-refractivity contribution in [1.29, 1.82) is 0 Å². The smallest absolute Gasteiger partial charge is 0.243 e. The largest absolute Gasteiger partial charge is 0.335 e. The first-order valence-corrected chi connectivity index (χ1v) is 11.5. The van der Waals surface area contributed by atoms with Crippen molar-refractivity contribution in [2.45, 2.75) is 29.9 Å². The van der Waals surface area contributed by atoms with E-state index in [1.807, 2.05) is 73.8 Å². The SMILES string of the molecule is CCc1ccccc1NC(=O)CN(C)C(=O)C(C)Sc1nc(-c2ccccc2)cs1. The molecule has 2 amide bonds. The summed E-state index contributed by atoms with van der Waals surface area (Å²) < 4.78 is 0.837. The Morgan fingerprint density at radius 3 is 2.57 bits per heavy atom. The van der Waals surface area contributed by atoms with Crippen LogP contribution in [0.15, 0.2) is 64.3 Å². The minimum absolute atomic E-state index is 0.00885. The summed E-state index contributed by atoms with van der Waals surface area (Å²) in [5.41, 5.74) is 3.83. The van der Waals surface area contributed by atoms with Gasteiger partial charge in [0.1, 0.15) is 0 Å². The van der Waals surface area contributed by atoms with Crippen LogP contribution in [0.5, 0.6) is 0 Å². The van der Waals surface area contributed by atoms with Gasteiger partial charge in [-0.2, -0.15) is 0 Å². The van der Waals surface area contributed by atoms with E-state index in [0.717, 1.165) is 33.3 Å². The quantitative estimate of drug-likeness (QED) is 0.505. The van der Waals surface area contributed by atoms with Crippen molar-refractivity contribution in [2.75, 3.05) is 18.9 Å². The van der Waals surface area contributed by atoms with Crippen molar-refractivity contribution < 1.29 is 9.59 Å². The molecular formula is C23H25N3O2S2. The molecule has 2 aromatic carbocycles. The van der Waals surface area contributed by atoms with Gasteiger partial charge in [-0.3, -0.25) is 9.59 Å². The van der Waals surface area contributed by atoms with Crippen LogP contribution in [0.2, 0.25) is 0 Å². The minimum Gasteiger partial charge on any atom is -0.335 e. The molecule has 3 aromatic rings. The number of carbonyl (C=O) groups excluding carboxylic acids is 2. The van der Waals surface area contributed by atoms with Crippen LogP contribution in [0.1, 0.15) is 19.4 Å². The van der Waals surface area contributed by atoms with Gasteiger partial charge in [0, 0.05) is 23.7 Å². The lowest BCUT2D eigenvalue weighted by Crippen LogP contribution is -2.39.